The van der Waals surface area contributed by atoms with Crippen molar-refractivity contribution in [3.63, 3.8) is 0 Å². The fourth-order valence-corrected chi connectivity index (χ4v) is 1.36. The molecule has 0 amide bonds. The summed E-state index contributed by atoms with van der Waals surface area (Å²) in [5.41, 5.74) is 2.29. The number of hydrogen-bond acceptors (Lipinski definition) is 1. The molecule has 0 bridgehead atoms. The second kappa shape index (κ2) is 2.94. The van der Waals surface area contributed by atoms with Crippen molar-refractivity contribution in [2.45, 2.75) is 6.92 Å². The lowest BCUT2D eigenvalue weighted by Crippen LogP contribution is -1.83. The van der Waals surface area contributed by atoms with E-state index in [0.717, 1.165) is 5.52 Å². The van der Waals surface area contributed by atoms with E-state index in [1.807, 2.05) is 19.2 Å². The highest BCUT2D eigenvalue weighted by Gasteiger charge is 1.97. The van der Waals surface area contributed by atoms with Crippen LogP contribution in [0.5, 0.6) is 0 Å². The number of benzene rings is 1. The van der Waals surface area contributed by atoms with E-state index < -0.39 is 0 Å². The molecule has 0 saturated carbocycles. The molecule has 1 heteroatoms. The van der Waals surface area contributed by atoms with Crippen LogP contribution in [0.3, 0.4) is 0 Å². The summed E-state index contributed by atoms with van der Waals surface area (Å²) >= 11 is 0. The zero-order chi connectivity index (χ0) is 8.39. The number of pyridine rings is 1. The number of rotatable bonds is 1. The fourth-order valence-electron chi connectivity index (χ4n) is 1.36. The molecule has 1 aromatic carbocycles. The Balaban J connectivity index is 2.79. The van der Waals surface area contributed by atoms with E-state index in [1.165, 1.54) is 10.9 Å². The maximum atomic E-state index is 4.32. The predicted molar refractivity (Wildman–Crippen MR) is 50.8 cm³/mol. The van der Waals surface area contributed by atoms with Gasteiger partial charge in [-0.1, -0.05) is 31.2 Å². The van der Waals surface area contributed by atoms with Gasteiger partial charge in [0.2, 0.25) is 0 Å². The van der Waals surface area contributed by atoms with Gasteiger partial charge in [-0.2, -0.15) is 0 Å². The Morgan fingerprint density at radius 1 is 1.17 bits per heavy atom. The van der Waals surface area contributed by atoms with Gasteiger partial charge < -0.3 is 0 Å². The molecule has 12 heavy (non-hydrogen) atoms. The Labute approximate surface area is 72.1 Å². The molecule has 1 heterocycles. The van der Waals surface area contributed by atoms with Crippen molar-refractivity contribution < 1.29 is 0 Å². The van der Waals surface area contributed by atoms with Gasteiger partial charge in [-0.3, -0.25) is 4.98 Å². The Kier molecular flexibility index (Phi) is 1.78. The van der Waals surface area contributed by atoms with Gasteiger partial charge in [-0.25, -0.2) is 0 Å². The first kappa shape index (κ1) is 7.29. The minimum Gasteiger partial charge on any atom is -0.256 e. The van der Waals surface area contributed by atoms with Crippen LogP contribution in [0.25, 0.3) is 10.9 Å². The van der Waals surface area contributed by atoms with Crippen LogP contribution in [-0.4, -0.2) is 4.98 Å². The summed E-state index contributed by atoms with van der Waals surface area (Å²) < 4.78 is 0. The van der Waals surface area contributed by atoms with Crippen LogP contribution < -0.4 is 0 Å². The van der Waals surface area contributed by atoms with Gasteiger partial charge in [0, 0.05) is 11.6 Å². The summed E-state index contributed by atoms with van der Waals surface area (Å²) in [7, 11) is 0. The Bertz CT molecular complexity index is 388. The lowest BCUT2D eigenvalue weighted by Gasteiger charge is -2.00. The lowest BCUT2D eigenvalue weighted by atomic mass is 10.1. The number of hydrogen-bond donors (Lipinski definition) is 0. The van der Waals surface area contributed by atoms with Crippen molar-refractivity contribution in [1.82, 2.24) is 4.98 Å². The van der Waals surface area contributed by atoms with Gasteiger partial charge in [0.25, 0.3) is 0 Å². The molecule has 1 nitrogen and oxygen atoms in total. The Hall–Kier alpha value is -1.37. The van der Waals surface area contributed by atoms with Crippen LogP contribution in [0.2, 0.25) is 0 Å². The van der Waals surface area contributed by atoms with Gasteiger partial charge >= 0.3 is 0 Å². The largest absolute Gasteiger partial charge is 0.256 e. The third-order valence-corrected chi connectivity index (χ3v) is 1.97. The summed E-state index contributed by atoms with van der Waals surface area (Å²) in [6.45, 7) is 2.03. The second-order valence-electron chi connectivity index (χ2n) is 2.71. The summed E-state index contributed by atoms with van der Waals surface area (Å²) in [6, 6.07) is 10.3. The molecule has 0 N–H and O–H groups in total. The van der Waals surface area contributed by atoms with Crippen LogP contribution in [-0.2, 0) is 0 Å². The molecule has 1 radical (unpaired) electrons. The third kappa shape index (κ3) is 1.07. The number of para-hydroxylation sites is 1. The fraction of sp³-hybridized carbons (Fsp3) is 0.0909. The van der Waals surface area contributed by atoms with Crippen LogP contribution >= 0.6 is 0 Å². The first-order valence-electron chi connectivity index (χ1n) is 4.05. The highest BCUT2D eigenvalue weighted by molar-refractivity contribution is 5.82. The summed E-state index contributed by atoms with van der Waals surface area (Å²) in [4.78, 5) is 4.32. The first-order valence-corrected chi connectivity index (χ1v) is 4.05. The normalized spacial score (nSPS) is 10.4. The molecular formula is C11H10N. The quantitative estimate of drug-likeness (QED) is 0.618. The molecular weight excluding hydrogens is 146 g/mol. The van der Waals surface area contributed by atoms with Crippen LogP contribution in [0.1, 0.15) is 12.5 Å². The summed E-state index contributed by atoms with van der Waals surface area (Å²) in [6.07, 6.45) is 3.91. The summed E-state index contributed by atoms with van der Waals surface area (Å²) in [5.74, 6) is 0. The second-order valence-corrected chi connectivity index (χ2v) is 2.71. The van der Waals surface area contributed by atoms with Crippen molar-refractivity contribution in [3.8, 4) is 0 Å². The van der Waals surface area contributed by atoms with Crippen molar-refractivity contribution >= 4 is 10.9 Å². The number of aromatic nitrogens is 1. The molecule has 0 aliphatic rings. The molecule has 0 spiro atoms. The molecule has 2 rings (SSSR count). The number of nitrogens with zero attached hydrogens (tertiary/aromatic N) is 1. The summed E-state index contributed by atoms with van der Waals surface area (Å²) in [5, 5.41) is 1.20. The SMILES string of the molecule is C[CH]c1cccc2cccnc12. The minimum absolute atomic E-state index is 1.09. The van der Waals surface area contributed by atoms with Crippen LogP contribution in [0, 0.1) is 6.42 Å². The molecule has 0 atom stereocenters. The zero-order valence-corrected chi connectivity index (χ0v) is 6.99. The van der Waals surface area contributed by atoms with Crippen molar-refractivity contribution in [2.75, 3.05) is 0 Å². The van der Waals surface area contributed by atoms with Crippen molar-refractivity contribution in [2.24, 2.45) is 0 Å². The van der Waals surface area contributed by atoms with Gasteiger partial charge in [0.15, 0.2) is 0 Å². The van der Waals surface area contributed by atoms with Gasteiger partial charge in [0.1, 0.15) is 0 Å². The van der Waals surface area contributed by atoms with Gasteiger partial charge in [-0.15, -0.1) is 0 Å². The average molecular weight is 156 g/mol. The maximum absolute atomic E-state index is 4.32. The van der Waals surface area contributed by atoms with Crippen LogP contribution in [0.15, 0.2) is 36.5 Å². The van der Waals surface area contributed by atoms with E-state index in [9.17, 15) is 0 Å². The Morgan fingerprint density at radius 2 is 2.00 bits per heavy atom. The molecule has 0 unspecified atom stereocenters. The topological polar surface area (TPSA) is 12.9 Å². The third-order valence-electron chi connectivity index (χ3n) is 1.97. The monoisotopic (exact) mass is 156 g/mol. The highest BCUT2D eigenvalue weighted by Crippen LogP contribution is 2.16. The molecule has 1 aromatic heterocycles. The lowest BCUT2D eigenvalue weighted by molar-refractivity contribution is 1.36. The van der Waals surface area contributed by atoms with Crippen LogP contribution in [0.4, 0.5) is 0 Å². The van der Waals surface area contributed by atoms with E-state index in [2.05, 4.69) is 35.7 Å². The molecule has 2 aromatic rings. The number of fused-ring (bicyclic) bond motifs is 1. The molecule has 0 aliphatic carbocycles. The zero-order valence-electron chi connectivity index (χ0n) is 6.99. The molecule has 0 fully saturated rings. The van der Waals surface area contributed by atoms with E-state index >= 15 is 0 Å². The van der Waals surface area contributed by atoms with E-state index in [4.69, 9.17) is 0 Å². The Morgan fingerprint density at radius 3 is 2.83 bits per heavy atom. The standard InChI is InChI=1S/C11H10N/c1-2-9-5-3-6-10-7-4-8-12-11(9)10/h2-8H,1H3. The van der Waals surface area contributed by atoms with Crippen molar-refractivity contribution in [3.05, 3.63) is 48.5 Å². The van der Waals surface area contributed by atoms with E-state index in [0.29, 0.717) is 0 Å². The molecule has 59 valence electrons. The first-order chi connectivity index (χ1) is 5.92. The van der Waals surface area contributed by atoms with Gasteiger partial charge in [-0.05, 0) is 18.1 Å². The van der Waals surface area contributed by atoms with E-state index in [-0.39, 0.29) is 0 Å². The smallest absolute Gasteiger partial charge is 0.0736 e. The van der Waals surface area contributed by atoms with E-state index in [1.54, 1.807) is 0 Å². The van der Waals surface area contributed by atoms with Gasteiger partial charge in [0.05, 0.1) is 5.52 Å². The molecule has 0 saturated heterocycles. The molecule has 0 aliphatic heterocycles. The predicted octanol–water partition coefficient (Wildman–Crippen LogP) is 2.81. The maximum Gasteiger partial charge on any atom is 0.0736 e. The highest BCUT2D eigenvalue weighted by atomic mass is 14.6. The average Bonchev–Trinajstić information content (AvgIpc) is 2.17. The minimum atomic E-state index is 1.09. The van der Waals surface area contributed by atoms with Crippen molar-refractivity contribution in [1.29, 1.82) is 0 Å².